The van der Waals surface area contributed by atoms with Crippen LogP contribution < -0.4 is 5.32 Å². The monoisotopic (exact) mass is 422 g/mol. The summed E-state index contributed by atoms with van der Waals surface area (Å²) in [4.78, 5) is 36.6. The molecule has 0 aliphatic carbocycles. The van der Waals surface area contributed by atoms with E-state index in [-0.39, 0.29) is 23.7 Å². The third kappa shape index (κ3) is 5.49. The second kappa shape index (κ2) is 10.0. The Morgan fingerprint density at radius 2 is 1.77 bits per heavy atom. The zero-order chi connectivity index (χ0) is 22.5. The fraction of sp³-hybridized carbons (Fsp3) is 0.520. The number of carbonyl (C=O) groups is 2. The van der Waals surface area contributed by atoms with E-state index in [2.05, 4.69) is 24.4 Å². The molecule has 6 nitrogen and oxygen atoms in total. The molecule has 1 aliphatic rings. The number of hydrogen-bond acceptors (Lipinski definition) is 4. The van der Waals surface area contributed by atoms with Crippen molar-refractivity contribution >= 4 is 11.8 Å². The Labute approximate surface area is 185 Å². The number of nitrogens with one attached hydrogen (secondary N) is 1. The summed E-state index contributed by atoms with van der Waals surface area (Å²) >= 11 is 0. The second-order valence-electron chi connectivity index (χ2n) is 8.62. The van der Waals surface area contributed by atoms with Crippen LogP contribution in [0.5, 0.6) is 0 Å². The lowest BCUT2D eigenvalue weighted by molar-refractivity contribution is -0.133. The van der Waals surface area contributed by atoms with Gasteiger partial charge in [0.05, 0.1) is 12.3 Å². The Morgan fingerprint density at radius 1 is 1.13 bits per heavy atom. The molecule has 0 radical (unpaired) electrons. The molecule has 1 aliphatic heterocycles. The first-order valence-corrected chi connectivity index (χ1v) is 11.3. The molecule has 2 heterocycles. The predicted octanol–water partition coefficient (Wildman–Crippen LogP) is 3.59. The predicted molar refractivity (Wildman–Crippen MR) is 122 cm³/mol. The van der Waals surface area contributed by atoms with Gasteiger partial charge in [0.15, 0.2) is 0 Å². The SMILES string of the molecule is CCNC(=O)Cc1c(C)nc([C@@H]2CCCN(C(=O)[C@@H](C)c3ccc(C)cc3)C2)nc1C. The second-order valence-corrected chi connectivity index (χ2v) is 8.62. The lowest BCUT2D eigenvalue weighted by atomic mass is 9.93. The molecule has 2 atom stereocenters. The number of aryl methyl sites for hydroxylation is 3. The van der Waals surface area contributed by atoms with Gasteiger partial charge in [0.2, 0.25) is 11.8 Å². The van der Waals surface area contributed by atoms with E-state index < -0.39 is 0 Å². The van der Waals surface area contributed by atoms with Crippen LogP contribution in [0, 0.1) is 20.8 Å². The highest BCUT2D eigenvalue weighted by molar-refractivity contribution is 5.83. The Balaban J connectivity index is 1.73. The maximum Gasteiger partial charge on any atom is 0.229 e. The molecule has 1 saturated heterocycles. The van der Waals surface area contributed by atoms with Gasteiger partial charge in [-0.15, -0.1) is 0 Å². The van der Waals surface area contributed by atoms with Crippen LogP contribution in [0.3, 0.4) is 0 Å². The molecule has 0 bridgehead atoms. The lowest BCUT2D eigenvalue weighted by Gasteiger charge is -2.34. The normalized spacial score (nSPS) is 17.3. The fourth-order valence-corrected chi connectivity index (χ4v) is 4.28. The molecule has 2 aromatic rings. The third-order valence-corrected chi connectivity index (χ3v) is 6.20. The number of likely N-dealkylation sites (tertiary alicyclic amines) is 1. The summed E-state index contributed by atoms with van der Waals surface area (Å²) in [5, 5.41) is 2.83. The minimum atomic E-state index is -0.164. The van der Waals surface area contributed by atoms with Crippen molar-refractivity contribution in [3.05, 3.63) is 58.2 Å². The van der Waals surface area contributed by atoms with Gasteiger partial charge in [0.25, 0.3) is 0 Å². The van der Waals surface area contributed by atoms with E-state index in [1.54, 1.807) is 0 Å². The molecule has 166 valence electrons. The lowest BCUT2D eigenvalue weighted by Crippen LogP contribution is -2.41. The molecular formula is C25H34N4O2. The Kier molecular flexibility index (Phi) is 7.42. The standard InChI is InChI=1S/C25H34N4O2/c1-6-26-23(30)14-22-18(4)27-24(28-19(22)5)21-8-7-13-29(15-21)25(31)17(3)20-11-9-16(2)10-12-20/h9-12,17,21H,6-8,13-15H2,1-5H3,(H,26,30)/t17-,21+/m0/s1. The van der Waals surface area contributed by atoms with Gasteiger partial charge in [-0.2, -0.15) is 0 Å². The van der Waals surface area contributed by atoms with Gasteiger partial charge in [-0.3, -0.25) is 9.59 Å². The summed E-state index contributed by atoms with van der Waals surface area (Å²) < 4.78 is 0. The Bertz CT molecular complexity index is 916. The van der Waals surface area contributed by atoms with Gasteiger partial charge in [-0.1, -0.05) is 29.8 Å². The van der Waals surface area contributed by atoms with Gasteiger partial charge in [0.1, 0.15) is 5.82 Å². The van der Waals surface area contributed by atoms with Crippen molar-refractivity contribution in [3.63, 3.8) is 0 Å². The van der Waals surface area contributed by atoms with E-state index in [1.807, 2.05) is 44.7 Å². The average Bonchev–Trinajstić information content (AvgIpc) is 2.76. The maximum absolute atomic E-state index is 13.2. The molecule has 31 heavy (non-hydrogen) atoms. The third-order valence-electron chi connectivity index (χ3n) is 6.20. The van der Waals surface area contributed by atoms with Gasteiger partial charge in [0, 0.05) is 42.5 Å². The van der Waals surface area contributed by atoms with E-state index in [0.717, 1.165) is 47.7 Å². The first kappa shape index (κ1) is 22.9. The number of likely N-dealkylation sites (N-methyl/N-ethyl adjacent to an activating group) is 1. The average molecular weight is 423 g/mol. The zero-order valence-electron chi connectivity index (χ0n) is 19.4. The minimum Gasteiger partial charge on any atom is -0.356 e. The van der Waals surface area contributed by atoms with E-state index in [1.165, 1.54) is 5.56 Å². The quantitative estimate of drug-likeness (QED) is 0.772. The number of aromatic nitrogens is 2. The van der Waals surface area contributed by atoms with Crippen molar-refractivity contribution in [1.82, 2.24) is 20.2 Å². The first-order valence-electron chi connectivity index (χ1n) is 11.3. The summed E-state index contributed by atoms with van der Waals surface area (Å²) in [6.07, 6.45) is 2.21. The Hall–Kier alpha value is -2.76. The summed E-state index contributed by atoms with van der Waals surface area (Å²) in [5.74, 6) is 0.900. The Morgan fingerprint density at radius 3 is 2.39 bits per heavy atom. The summed E-state index contributed by atoms with van der Waals surface area (Å²) in [6.45, 7) is 11.9. The van der Waals surface area contributed by atoms with Crippen molar-refractivity contribution in [2.75, 3.05) is 19.6 Å². The largest absolute Gasteiger partial charge is 0.356 e. The highest BCUT2D eigenvalue weighted by Gasteiger charge is 2.30. The molecule has 0 spiro atoms. The molecule has 1 N–H and O–H groups in total. The van der Waals surface area contributed by atoms with Crippen molar-refractivity contribution in [1.29, 1.82) is 0 Å². The molecule has 0 unspecified atom stereocenters. The number of nitrogens with zero attached hydrogens (tertiary/aromatic N) is 3. The highest BCUT2D eigenvalue weighted by Crippen LogP contribution is 2.28. The number of rotatable bonds is 6. The van der Waals surface area contributed by atoms with Crippen LogP contribution in [-0.4, -0.2) is 46.3 Å². The minimum absolute atomic E-state index is 0.00965. The van der Waals surface area contributed by atoms with Gasteiger partial charge in [-0.05, 0) is 53.0 Å². The van der Waals surface area contributed by atoms with Crippen LogP contribution in [0.2, 0.25) is 0 Å². The maximum atomic E-state index is 13.2. The van der Waals surface area contributed by atoms with Gasteiger partial charge < -0.3 is 10.2 Å². The smallest absolute Gasteiger partial charge is 0.229 e. The van der Waals surface area contributed by atoms with E-state index in [4.69, 9.17) is 9.97 Å². The number of hydrogen-bond donors (Lipinski definition) is 1. The van der Waals surface area contributed by atoms with Crippen LogP contribution >= 0.6 is 0 Å². The molecule has 1 aromatic carbocycles. The van der Waals surface area contributed by atoms with Crippen molar-refractivity contribution < 1.29 is 9.59 Å². The molecule has 1 fully saturated rings. The first-order chi connectivity index (χ1) is 14.8. The van der Waals surface area contributed by atoms with E-state index in [9.17, 15) is 9.59 Å². The van der Waals surface area contributed by atoms with Crippen LogP contribution in [0.1, 0.15) is 72.4 Å². The molecule has 3 rings (SSSR count). The van der Waals surface area contributed by atoms with Crippen LogP contribution in [0.25, 0.3) is 0 Å². The number of piperidine rings is 1. The zero-order valence-corrected chi connectivity index (χ0v) is 19.4. The number of benzene rings is 1. The van der Waals surface area contributed by atoms with Crippen molar-refractivity contribution in [3.8, 4) is 0 Å². The summed E-state index contributed by atoms with van der Waals surface area (Å²) in [6, 6.07) is 8.20. The van der Waals surface area contributed by atoms with Crippen molar-refractivity contribution in [2.45, 2.75) is 65.7 Å². The molecule has 1 aromatic heterocycles. The van der Waals surface area contributed by atoms with Gasteiger partial charge in [-0.25, -0.2) is 9.97 Å². The number of amides is 2. The van der Waals surface area contributed by atoms with E-state index in [0.29, 0.717) is 19.5 Å². The topological polar surface area (TPSA) is 75.2 Å². The van der Waals surface area contributed by atoms with Crippen LogP contribution in [0.15, 0.2) is 24.3 Å². The molecular weight excluding hydrogens is 388 g/mol. The van der Waals surface area contributed by atoms with Gasteiger partial charge >= 0.3 is 0 Å². The molecule has 6 heteroatoms. The molecule has 2 amide bonds. The van der Waals surface area contributed by atoms with Crippen molar-refractivity contribution in [2.24, 2.45) is 0 Å². The number of carbonyl (C=O) groups excluding carboxylic acids is 2. The highest BCUT2D eigenvalue weighted by atomic mass is 16.2. The summed E-state index contributed by atoms with van der Waals surface area (Å²) in [7, 11) is 0. The summed E-state index contributed by atoms with van der Waals surface area (Å²) in [5.41, 5.74) is 4.84. The van der Waals surface area contributed by atoms with E-state index >= 15 is 0 Å². The molecule has 0 saturated carbocycles. The van der Waals surface area contributed by atoms with Crippen LogP contribution in [-0.2, 0) is 16.0 Å². The fourth-order valence-electron chi connectivity index (χ4n) is 4.28. The van der Waals surface area contributed by atoms with Crippen LogP contribution in [0.4, 0.5) is 0 Å².